The molecule has 1 nitrogen and oxygen atoms in total. The van der Waals surface area contributed by atoms with Crippen molar-refractivity contribution in [1.29, 1.82) is 0 Å². The lowest BCUT2D eigenvalue weighted by molar-refractivity contribution is -0.124. The molecule has 3 rings (SSSR count). The molecule has 0 spiro atoms. The van der Waals surface area contributed by atoms with Crippen LogP contribution in [0.2, 0.25) is 0 Å². The van der Waals surface area contributed by atoms with Crippen molar-refractivity contribution in [3.8, 4) is 0 Å². The number of benzene rings is 3. The van der Waals surface area contributed by atoms with E-state index in [9.17, 15) is 4.79 Å². The lowest BCUT2D eigenvalue weighted by atomic mass is 9.53. The Balaban J connectivity index is 2.41. The Labute approximate surface area is 174 Å². The van der Waals surface area contributed by atoms with E-state index < -0.39 is 10.8 Å². The molecular formula is C25H24ClOP. The van der Waals surface area contributed by atoms with Crippen molar-refractivity contribution in [2.45, 2.75) is 19.3 Å². The molecule has 142 valence electrons. The van der Waals surface area contributed by atoms with E-state index in [1.54, 1.807) is 11.9 Å². The highest BCUT2D eigenvalue weighted by Crippen LogP contribution is 2.52. The van der Waals surface area contributed by atoms with E-state index >= 15 is 0 Å². The Morgan fingerprint density at radius 1 is 0.750 bits per heavy atom. The number of rotatable bonds is 7. The maximum atomic E-state index is 13.4. The second kappa shape index (κ2) is 8.86. The van der Waals surface area contributed by atoms with Gasteiger partial charge < -0.3 is 0 Å². The van der Waals surface area contributed by atoms with Gasteiger partial charge in [0, 0.05) is 5.41 Å². The number of hydrogen-bond donors (Lipinski definition) is 0. The highest BCUT2D eigenvalue weighted by Gasteiger charge is 2.52. The first-order valence-electron chi connectivity index (χ1n) is 9.29. The molecule has 0 saturated carbocycles. The van der Waals surface area contributed by atoms with Crippen LogP contribution in [0.5, 0.6) is 0 Å². The minimum atomic E-state index is -0.746. The van der Waals surface area contributed by atoms with Gasteiger partial charge in [0.2, 0.25) is 0 Å². The highest BCUT2D eigenvalue weighted by atomic mass is 35.7. The predicted molar refractivity (Wildman–Crippen MR) is 121 cm³/mol. The third kappa shape index (κ3) is 3.58. The monoisotopic (exact) mass is 406 g/mol. The van der Waals surface area contributed by atoms with E-state index in [1.807, 2.05) is 68.4 Å². The fourth-order valence-corrected chi connectivity index (χ4v) is 4.55. The fourth-order valence-electron chi connectivity index (χ4n) is 4.15. The summed E-state index contributed by atoms with van der Waals surface area (Å²) >= 11 is 5.85. The van der Waals surface area contributed by atoms with Gasteiger partial charge >= 0.3 is 0 Å². The summed E-state index contributed by atoms with van der Waals surface area (Å²) in [5, 5.41) is 0. The van der Waals surface area contributed by atoms with Crippen molar-refractivity contribution >= 4 is 25.0 Å². The van der Waals surface area contributed by atoms with Gasteiger partial charge in [-0.15, -0.1) is 0 Å². The molecule has 0 aliphatic heterocycles. The molecule has 0 N–H and O–H groups in total. The molecule has 0 fully saturated rings. The molecule has 0 aliphatic carbocycles. The summed E-state index contributed by atoms with van der Waals surface area (Å²) in [5.41, 5.74) is 1.88. The van der Waals surface area contributed by atoms with Crippen molar-refractivity contribution in [2.75, 3.05) is 0 Å². The van der Waals surface area contributed by atoms with Crippen molar-refractivity contribution in [2.24, 2.45) is 5.41 Å². The van der Waals surface area contributed by atoms with Gasteiger partial charge in [-0.3, -0.25) is 4.79 Å². The van der Waals surface area contributed by atoms with Crippen LogP contribution in [0.1, 0.15) is 30.5 Å². The summed E-state index contributed by atoms with van der Waals surface area (Å²) in [4.78, 5) is 13.4. The Morgan fingerprint density at radius 3 is 1.43 bits per heavy atom. The topological polar surface area (TPSA) is 17.1 Å². The zero-order chi connectivity index (χ0) is 20.0. The van der Waals surface area contributed by atoms with Crippen molar-refractivity contribution in [3.05, 3.63) is 120 Å². The highest BCUT2D eigenvalue weighted by molar-refractivity contribution is 7.71. The van der Waals surface area contributed by atoms with Crippen LogP contribution in [0.25, 0.3) is 0 Å². The van der Waals surface area contributed by atoms with E-state index in [2.05, 4.69) is 36.4 Å². The first kappa shape index (κ1) is 20.5. The summed E-state index contributed by atoms with van der Waals surface area (Å²) in [6.07, 6.45) is 1.63. The predicted octanol–water partition coefficient (Wildman–Crippen LogP) is 6.96. The molecule has 0 amide bonds. The van der Waals surface area contributed by atoms with Crippen molar-refractivity contribution in [1.82, 2.24) is 0 Å². The molecule has 0 saturated heterocycles. The summed E-state index contributed by atoms with van der Waals surface area (Å²) in [6.45, 7) is 4.06. The minimum absolute atomic E-state index is 0.0530. The van der Waals surface area contributed by atoms with Crippen molar-refractivity contribution in [3.63, 3.8) is 0 Å². The average molecular weight is 407 g/mol. The summed E-state index contributed by atoms with van der Waals surface area (Å²) < 4.78 is 0. The SMILES string of the molecule is CC(C)(C(=O)/C=C/PCl)C(c1ccccc1)(c1ccccc1)c1ccccc1. The van der Waals surface area contributed by atoms with Crippen LogP contribution in [-0.4, -0.2) is 5.78 Å². The van der Waals surface area contributed by atoms with Crippen LogP contribution in [0.15, 0.2) is 103 Å². The van der Waals surface area contributed by atoms with Gasteiger partial charge in [-0.05, 0) is 36.5 Å². The smallest absolute Gasteiger partial charge is 0.162 e. The molecule has 0 heterocycles. The zero-order valence-corrected chi connectivity index (χ0v) is 17.9. The van der Waals surface area contributed by atoms with E-state index in [0.717, 1.165) is 16.7 Å². The lowest BCUT2D eigenvalue weighted by Crippen LogP contribution is -2.48. The Morgan fingerprint density at radius 2 is 1.11 bits per heavy atom. The summed E-state index contributed by atoms with van der Waals surface area (Å²) in [6, 6.07) is 30.9. The zero-order valence-electron chi connectivity index (χ0n) is 16.1. The average Bonchev–Trinajstić information content (AvgIpc) is 2.74. The van der Waals surface area contributed by atoms with Crippen LogP contribution in [-0.2, 0) is 10.2 Å². The molecule has 0 radical (unpaired) electrons. The van der Waals surface area contributed by atoms with Crippen LogP contribution in [0.3, 0.4) is 0 Å². The lowest BCUT2D eigenvalue weighted by Gasteiger charge is -2.47. The molecule has 0 aromatic heterocycles. The fraction of sp³-hybridized carbons (Fsp3) is 0.160. The van der Waals surface area contributed by atoms with Gasteiger partial charge in [-0.25, -0.2) is 0 Å². The molecule has 0 bridgehead atoms. The Bertz CT molecular complexity index is 837. The van der Waals surface area contributed by atoms with Gasteiger partial charge in [0.25, 0.3) is 0 Å². The van der Waals surface area contributed by atoms with Gasteiger partial charge in [0.05, 0.1) is 5.41 Å². The minimum Gasteiger partial charge on any atom is -0.294 e. The van der Waals surface area contributed by atoms with Gasteiger partial charge in [-0.1, -0.05) is 116 Å². The summed E-state index contributed by atoms with van der Waals surface area (Å²) in [7, 11) is 0.0834. The van der Waals surface area contributed by atoms with E-state index in [4.69, 9.17) is 11.2 Å². The van der Waals surface area contributed by atoms with E-state index in [0.29, 0.717) is 0 Å². The molecule has 0 aliphatic rings. The number of halogens is 1. The summed E-state index contributed by atoms with van der Waals surface area (Å²) in [5.74, 6) is 1.80. The first-order chi connectivity index (χ1) is 13.5. The maximum absolute atomic E-state index is 13.4. The molecule has 28 heavy (non-hydrogen) atoms. The number of hydrogen-bond acceptors (Lipinski definition) is 1. The molecule has 1 unspecified atom stereocenters. The second-order valence-electron chi connectivity index (χ2n) is 7.28. The Kier molecular flexibility index (Phi) is 6.50. The number of allylic oxidation sites excluding steroid dienone is 1. The quantitative estimate of drug-likeness (QED) is 0.235. The standard InChI is InChI=1S/C25H24ClOP/c1-24(2,23(27)18-19-28-26)25(20-12-6-3-7-13-20,21-14-8-4-9-15-21)22-16-10-5-11-17-22/h3-19,28H,1-2H3/b19-18+. The molecule has 3 aromatic carbocycles. The maximum Gasteiger partial charge on any atom is 0.162 e. The molecule has 1 atom stereocenters. The molecule has 3 heteroatoms. The van der Waals surface area contributed by atoms with Crippen LogP contribution < -0.4 is 0 Å². The Hall–Kier alpha value is -2.21. The normalized spacial score (nSPS) is 12.7. The van der Waals surface area contributed by atoms with E-state index in [-0.39, 0.29) is 13.7 Å². The van der Waals surface area contributed by atoms with Gasteiger partial charge in [-0.2, -0.15) is 0 Å². The van der Waals surface area contributed by atoms with Crippen molar-refractivity contribution < 1.29 is 4.79 Å². The number of carbonyl (C=O) groups is 1. The van der Waals surface area contributed by atoms with Crippen LogP contribution in [0.4, 0.5) is 0 Å². The number of ketones is 1. The van der Waals surface area contributed by atoms with Gasteiger partial charge in [0.15, 0.2) is 5.78 Å². The third-order valence-corrected chi connectivity index (χ3v) is 6.14. The van der Waals surface area contributed by atoms with Crippen LogP contribution in [0, 0.1) is 5.41 Å². The third-order valence-electron chi connectivity index (χ3n) is 5.47. The second-order valence-corrected chi connectivity index (χ2v) is 8.49. The molecule has 3 aromatic rings. The number of carbonyl (C=O) groups excluding carboxylic acids is 1. The van der Waals surface area contributed by atoms with E-state index in [1.165, 1.54) is 0 Å². The van der Waals surface area contributed by atoms with Gasteiger partial charge in [0.1, 0.15) is 0 Å². The first-order valence-corrected chi connectivity index (χ1v) is 11.4. The molecular weight excluding hydrogens is 383 g/mol. The van der Waals surface area contributed by atoms with Crippen LogP contribution >= 0.6 is 19.2 Å². The largest absolute Gasteiger partial charge is 0.294 e.